The zero-order valence-corrected chi connectivity index (χ0v) is 12.0. The number of benzene rings is 1. The Bertz CT molecular complexity index is 536. The molecule has 0 radical (unpaired) electrons. The van der Waals surface area contributed by atoms with Gasteiger partial charge in [-0.25, -0.2) is 17.5 Å². The summed E-state index contributed by atoms with van der Waals surface area (Å²) in [6.45, 7) is 0.389. The average molecular weight is 286 g/mol. The molecule has 0 saturated heterocycles. The molecule has 1 fully saturated rings. The molecule has 1 aromatic carbocycles. The van der Waals surface area contributed by atoms with Crippen molar-refractivity contribution in [3.05, 3.63) is 30.1 Å². The van der Waals surface area contributed by atoms with Crippen LogP contribution in [0, 0.1) is 5.82 Å². The molecule has 0 aliphatic heterocycles. The molecule has 0 bridgehead atoms. The van der Waals surface area contributed by atoms with Gasteiger partial charge in [-0.1, -0.05) is 0 Å². The average Bonchev–Trinajstić information content (AvgIpc) is 2.27. The standard InChI is InChI=1S/C13H19FN2O2S/c1-16(2)13(8-3-9-13)10-15-19(17,18)12-6-4-11(14)5-7-12/h4-7,15H,3,8-10H2,1-2H3. The summed E-state index contributed by atoms with van der Waals surface area (Å²) >= 11 is 0. The second-order valence-electron chi connectivity index (χ2n) is 5.25. The lowest BCUT2D eigenvalue weighted by atomic mass is 9.76. The van der Waals surface area contributed by atoms with Crippen molar-refractivity contribution >= 4 is 10.0 Å². The maximum atomic E-state index is 12.8. The van der Waals surface area contributed by atoms with Gasteiger partial charge in [-0.15, -0.1) is 0 Å². The Balaban J connectivity index is 2.08. The summed E-state index contributed by atoms with van der Waals surface area (Å²) in [5.41, 5.74) is -0.0763. The van der Waals surface area contributed by atoms with Crippen molar-refractivity contribution in [2.45, 2.75) is 29.7 Å². The topological polar surface area (TPSA) is 49.4 Å². The van der Waals surface area contributed by atoms with Gasteiger partial charge in [0, 0.05) is 12.1 Å². The molecule has 0 amide bonds. The minimum absolute atomic E-state index is 0.0763. The van der Waals surface area contributed by atoms with Crippen molar-refractivity contribution in [2.24, 2.45) is 0 Å². The van der Waals surface area contributed by atoms with E-state index in [1.54, 1.807) is 0 Å². The zero-order chi connectivity index (χ0) is 14.1. The van der Waals surface area contributed by atoms with Crippen LogP contribution in [-0.2, 0) is 10.0 Å². The zero-order valence-electron chi connectivity index (χ0n) is 11.2. The predicted molar refractivity (Wildman–Crippen MR) is 71.9 cm³/mol. The van der Waals surface area contributed by atoms with E-state index in [2.05, 4.69) is 9.62 Å². The molecule has 1 saturated carbocycles. The van der Waals surface area contributed by atoms with Crippen LogP contribution in [0.4, 0.5) is 4.39 Å². The molecule has 0 atom stereocenters. The lowest BCUT2D eigenvalue weighted by molar-refractivity contribution is 0.0657. The largest absolute Gasteiger partial charge is 0.302 e. The highest BCUT2D eigenvalue weighted by Gasteiger charge is 2.39. The molecule has 0 aromatic heterocycles. The number of nitrogens with zero attached hydrogens (tertiary/aromatic N) is 1. The third kappa shape index (κ3) is 2.96. The third-order valence-corrected chi connectivity index (χ3v) is 5.37. The van der Waals surface area contributed by atoms with Crippen LogP contribution in [0.25, 0.3) is 0 Å². The van der Waals surface area contributed by atoms with Crippen LogP contribution in [0.3, 0.4) is 0 Å². The molecule has 1 N–H and O–H groups in total. The number of nitrogens with one attached hydrogen (secondary N) is 1. The predicted octanol–water partition coefficient (Wildman–Crippen LogP) is 1.59. The first-order chi connectivity index (χ1) is 8.86. The maximum absolute atomic E-state index is 12.8. The smallest absolute Gasteiger partial charge is 0.240 e. The van der Waals surface area contributed by atoms with E-state index in [0.29, 0.717) is 6.54 Å². The molecule has 6 heteroatoms. The van der Waals surface area contributed by atoms with Gasteiger partial charge in [0.1, 0.15) is 5.82 Å². The van der Waals surface area contributed by atoms with E-state index >= 15 is 0 Å². The monoisotopic (exact) mass is 286 g/mol. The van der Waals surface area contributed by atoms with Crippen LogP contribution < -0.4 is 4.72 Å². The lowest BCUT2D eigenvalue weighted by Crippen LogP contribution is -2.57. The SMILES string of the molecule is CN(C)C1(CNS(=O)(=O)c2ccc(F)cc2)CCC1. The molecule has 19 heavy (non-hydrogen) atoms. The number of sulfonamides is 1. The molecular formula is C13H19FN2O2S. The van der Waals surface area contributed by atoms with Crippen LogP contribution in [0.1, 0.15) is 19.3 Å². The minimum Gasteiger partial charge on any atom is -0.302 e. The fourth-order valence-electron chi connectivity index (χ4n) is 2.29. The third-order valence-electron chi connectivity index (χ3n) is 3.95. The Morgan fingerprint density at radius 3 is 2.26 bits per heavy atom. The summed E-state index contributed by atoms with van der Waals surface area (Å²) in [6.07, 6.45) is 3.11. The van der Waals surface area contributed by atoms with E-state index in [1.807, 2.05) is 14.1 Å². The van der Waals surface area contributed by atoms with E-state index in [1.165, 1.54) is 12.1 Å². The van der Waals surface area contributed by atoms with Crippen molar-refractivity contribution in [2.75, 3.05) is 20.6 Å². The van der Waals surface area contributed by atoms with Crippen LogP contribution in [0.15, 0.2) is 29.2 Å². The van der Waals surface area contributed by atoms with Gasteiger partial charge in [-0.3, -0.25) is 0 Å². The van der Waals surface area contributed by atoms with Crippen molar-refractivity contribution in [1.82, 2.24) is 9.62 Å². The van der Waals surface area contributed by atoms with Gasteiger partial charge in [-0.05, 0) is 57.6 Å². The molecule has 1 aliphatic rings. The maximum Gasteiger partial charge on any atom is 0.240 e. The van der Waals surface area contributed by atoms with Crippen LogP contribution in [0.5, 0.6) is 0 Å². The van der Waals surface area contributed by atoms with E-state index < -0.39 is 15.8 Å². The molecule has 4 nitrogen and oxygen atoms in total. The summed E-state index contributed by atoms with van der Waals surface area (Å²) in [7, 11) is 0.364. The molecule has 106 valence electrons. The van der Waals surface area contributed by atoms with Crippen molar-refractivity contribution in [3.63, 3.8) is 0 Å². The Morgan fingerprint density at radius 1 is 1.26 bits per heavy atom. The van der Waals surface area contributed by atoms with E-state index in [0.717, 1.165) is 31.4 Å². The Morgan fingerprint density at radius 2 is 1.84 bits per heavy atom. The minimum atomic E-state index is -3.56. The highest BCUT2D eigenvalue weighted by atomic mass is 32.2. The van der Waals surface area contributed by atoms with Crippen molar-refractivity contribution in [3.8, 4) is 0 Å². The van der Waals surface area contributed by atoms with Crippen molar-refractivity contribution < 1.29 is 12.8 Å². The Hall–Kier alpha value is -0.980. The first kappa shape index (κ1) is 14.4. The van der Waals surface area contributed by atoms with Gasteiger partial charge in [0.15, 0.2) is 0 Å². The van der Waals surface area contributed by atoms with E-state index in [4.69, 9.17) is 0 Å². The molecule has 0 spiro atoms. The first-order valence-corrected chi connectivity index (χ1v) is 7.77. The number of rotatable bonds is 5. The fraction of sp³-hybridized carbons (Fsp3) is 0.538. The number of hydrogen-bond donors (Lipinski definition) is 1. The van der Waals surface area contributed by atoms with Gasteiger partial charge in [0.2, 0.25) is 10.0 Å². The van der Waals surface area contributed by atoms with Gasteiger partial charge < -0.3 is 4.90 Å². The molecule has 1 aromatic rings. The number of halogens is 1. The second kappa shape index (κ2) is 5.19. The van der Waals surface area contributed by atoms with Crippen LogP contribution in [-0.4, -0.2) is 39.5 Å². The van der Waals surface area contributed by atoms with E-state index in [9.17, 15) is 12.8 Å². The summed E-state index contributed by atoms with van der Waals surface area (Å²) in [5, 5.41) is 0. The Labute approximate surface area is 113 Å². The van der Waals surface area contributed by atoms with Crippen LogP contribution >= 0.6 is 0 Å². The molecule has 0 unspecified atom stereocenters. The molecule has 1 aliphatic carbocycles. The van der Waals surface area contributed by atoms with Crippen molar-refractivity contribution in [1.29, 1.82) is 0 Å². The van der Waals surface area contributed by atoms with Gasteiger partial charge >= 0.3 is 0 Å². The molecule has 2 rings (SSSR count). The van der Waals surface area contributed by atoms with Gasteiger partial charge in [0.25, 0.3) is 0 Å². The highest BCUT2D eigenvalue weighted by Crippen LogP contribution is 2.35. The lowest BCUT2D eigenvalue weighted by Gasteiger charge is -2.47. The molecular weight excluding hydrogens is 267 g/mol. The molecule has 0 heterocycles. The first-order valence-electron chi connectivity index (χ1n) is 6.28. The van der Waals surface area contributed by atoms with Gasteiger partial charge in [-0.2, -0.15) is 0 Å². The summed E-state index contributed by atoms with van der Waals surface area (Å²) in [4.78, 5) is 2.17. The normalized spacial score (nSPS) is 18.3. The quantitative estimate of drug-likeness (QED) is 0.894. The van der Waals surface area contributed by atoms with Crippen LogP contribution in [0.2, 0.25) is 0 Å². The Kier molecular flexibility index (Phi) is 3.94. The number of likely N-dealkylation sites (N-methyl/N-ethyl adjacent to an activating group) is 1. The fourth-order valence-corrected chi connectivity index (χ4v) is 3.41. The van der Waals surface area contributed by atoms with Gasteiger partial charge in [0.05, 0.1) is 4.90 Å². The second-order valence-corrected chi connectivity index (χ2v) is 7.02. The summed E-state index contributed by atoms with van der Waals surface area (Å²) in [6, 6.07) is 4.86. The summed E-state index contributed by atoms with van der Waals surface area (Å²) < 4.78 is 39.6. The summed E-state index contributed by atoms with van der Waals surface area (Å²) in [5.74, 6) is -0.442. The number of hydrogen-bond acceptors (Lipinski definition) is 3. The highest BCUT2D eigenvalue weighted by molar-refractivity contribution is 7.89. The van der Waals surface area contributed by atoms with E-state index in [-0.39, 0.29) is 10.4 Å².